The number of urea groups is 1. The van der Waals surface area contributed by atoms with Crippen LogP contribution in [0.5, 0.6) is 0 Å². The van der Waals surface area contributed by atoms with Gasteiger partial charge in [-0.2, -0.15) is 0 Å². The van der Waals surface area contributed by atoms with E-state index in [2.05, 4.69) is 20.2 Å². The number of fused-ring (bicyclic) bond motifs is 4. The first-order valence-corrected chi connectivity index (χ1v) is 9.26. The molecule has 3 fully saturated rings. The summed E-state index contributed by atoms with van der Waals surface area (Å²) in [7, 11) is 0. The standard InChI is InChI=1S/C17H21N5OS/c23-17(20-9-15-3-1-8-24-15)22-11-13-4-5-14(22)12-21(10-13)16-18-6-2-7-19-16/h1-3,6-8,13-14H,4-5,9-12H2,(H,20,23). The molecule has 2 unspecified atom stereocenters. The van der Waals surface area contributed by atoms with Crippen molar-refractivity contribution in [1.82, 2.24) is 20.2 Å². The summed E-state index contributed by atoms with van der Waals surface area (Å²) in [6.07, 6.45) is 5.78. The van der Waals surface area contributed by atoms with Gasteiger partial charge in [0.25, 0.3) is 0 Å². The molecule has 1 N–H and O–H groups in total. The van der Waals surface area contributed by atoms with Gasteiger partial charge in [0.1, 0.15) is 0 Å². The molecule has 7 heteroatoms. The Morgan fingerprint density at radius 2 is 2.08 bits per heavy atom. The van der Waals surface area contributed by atoms with E-state index in [0.29, 0.717) is 12.5 Å². The molecule has 2 aromatic rings. The van der Waals surface area contributed by atoms with Gasteiger partial charge >= 0.3 is 6.03 Å². The van der Waals surface area contributed by atoms with E-state index in [4.69, 9.17) is 0 Å². The number of amides is 2. The molecule has 5 heterocycles. The van der Waals surface area contributed by atoms with Crippen molar-refractivity contribution in [3.05, 3.63) is 40.8 Å². The fourth-order valence-corrected chi connectivity index (χ4v) is 4.27. The summed E-state index contributed by atoms with van der Waals surface area (Å²) >= 11 is 1.67. The number of nitrogens with zero attached hydrogens (tertiary/aromatic N) is 4. The van der Waals surface area contributed by atoms with Gasteiger partial charge < -0.3 is 15.1 Å². The highest BCUT2D eigenvalue weighted by molar-refractivity contribution is 7.09. The van der Waals surface area contributed by atoms with Crippen molar-refractivity contribution in [1.29, 1.82) is 0 Å². The maximum atomic E-state index is 12.6. The summed E-state index contributed by atoms with van der Waals surface area (Å²) in [5, 5.41) is 5.10. The summed E-state index contributed by atoms with van der Waals surface area (Å²) in [5.74, 6) is 1.26. The van der Waals surface area contributed by atoms with Crippen LogP contribution in [0.15, 0.2) is 36.0 Å². The second kappa shape index (κ2) is 6.76. The molecule has 3 saturated heterocycles. The Morgan fingerprint density at radius 3 is 2.88 bits per heavy atom. The smallest absolute Gasteiger partial charge is 0.318 e. The number of rotatable bonds is 3. The van der Waals surface area contributed by atoms with Crippen molar-refractivity contribution in [2.45, 2.75) is 25.4 Å². The largest absolute Gasteiger partial charge is 0.338 e. The van der Waals surface area contributed by atoms with Crippen LogP contribution in [0.1, 0.15) is 17.7 Å². The van der Waals surface area contributed by atoms with Crippen molar-refractivity contribution in [3.8, 4) is 0 Å². The lowest BCUT2D eigenvalue weighted by Crippen LogP contribution is -2.51. The Morgan fingerprint density at radius 1 is 1.21 bits per heavy atom. The molecule has 0 aliphatic carbocycles. The predicted octanol–water partition coefficient (Wildman–Crippen LogP) is 2.35. The van der Waals surface area contributed by atoms with Crippen molar-refractivity contribution in [2.75, 3.05) is 24.5 Å². The second-order valence-corrected chi connectivity index (χ2v) is 7.47. The highest BCUT2D eigenvalue weighted by Crippen LogP contribution is 2.29. The summed E-state index contributed by atoms with van der Waals surface area (Å²) < 4.78 is 0. The number of piperidine rings is 1. The Balaban J connectivity index is 1.43. The molecule has 2 atom stereocenters. The number of thiophene rings is 1. The van der Waals surface area contributed by atoms with Crippen LogP contribution in [-0.2, 0) is 6.54 Å². The molecule has 5 rings (SSSR count). The molecule has 0 aromatic carbocycles. The van der Waals surface area contributed by atoms with Gasteiger partial charge in [-0.05, 0) is 36.3 Å². The molecular formula is C17H21N5OS. The van der Waals surface area contributed by atoms with Crippen molar-refractivity contribution in [3.63, 3.8) is 0 Å². The fourth-order valence-electron chi connectivity index (χ4n) is 3.63. The number of hydrogen-bond acceptors (Lipinski definition) is 5. The SMILES string of the molecule is O=C(NCc1cccs1)N1CC2CCC1CN(c1ncccn1)C2. The first kappa shape index (κ1) is 15.4. The Hall–Kier alpha value is -2.15. The van der Waals surface area contributed by atoms with Crippen LogP contribution in [0, 0.1) is 5.92 Å². The number of hydrogen-bond donors (Lipinski definition) is 1. The minimum absolute atomic E-state index is 0.0499. The molecule has 3 aliphatic heterocycles. The van der Waals surface area contributed by atoms with Crippen molar-refractivity contribution < 1.29 is 4.79 Å². The van der Waals surface area contributed by atoms with Crippen LogP contribution in [0.3, 0.4) is 0 Å². The van der Waals surface area contributed by atoms with E-state index in [-0.39, 0.29) is 12.1 Å². The van der Waals surface area contributed by atoms with Crippen LogP contribution in [0.4, 0.5) is 10.7 Å². The highest BCUT2D eigenvalue weighted by atomic mass is 32.1. The fraction of sp³-hybridized carbons (Fsp3) is 0.471. The number of carbonyl (C=O) groups excluding carboxylic acids is 1. The molecule has 2 aromatic heterocycles. The average molecular weight is 343 g/mol. The normalized spacial score (nSPS) is 23.2. The van der Waals surface area contributed by atoms with Crippen LogP contribution in [0.25, 0.3) is 0 Å². The lowest BCUT2D eigenvalue weighted by molar-refractivity contribution is 0.142. The lowest BCUT2D eigenvalue weighted by Gasteiger charge is -2.35. The number of anilines is 1. The Bertz CT molecular complexity index is 678. The third-order valence-electron chi connectivity index (χ3n) is 4.80. The number of aromatic nitrogens is 2. The lowest BCUT2D eigenvalue weighted by atomic mass is 9.95. The minimum atomic E-state index is 0.0499. The molecular weight excluding hydrogens is 322 g/mol. The van der Waals surface area contributed by atoms with E-state index in [1.54, 1.807) is 23.7 Å². The van der Waals surface area contributed by atoms with Gasteiger partial charge in [0.15, 0.2) is 0 Å². The Kier molecular flexibility index (Phi) is 4.34. The van der Waals surface area contributed by atoms with Crippen LogP contribution in [-0.4, -0.2) is 46.6 Å². The summed E-state index contributed by atoms with van der Waals surface area (Å²) in [5.41, 5.74) is 0. The van der Waals surface area contributed by atoms with Crippen molar-refractivity contribution in [2.24, 2.45) is 5.92 Å². The molecule has 2 amide bonds. The van der Waals surface area contributed by atoms with Gasteiger partial charge in [-0.15, -0.1) is 11.3 Å². The first-order valence-electron chi connectivity index (χ1n) is 8.38. The second-order valence-electron chi connectivity index (χ2n) is 6.44. The predicted molar refractivity (Wildman–Crippen MR) is 94.0 cm³/mol. The quantitative estimate of drug-likeness (QED) is 0.929. The molecule has 2 bridgehead atoms. The zero-order chi connectivity index (χ0) is 16.4. The van der Waals surface area contributed by atoms with Crippen LogP contribution in [0.2, 0.25) is 0 Å². The van der Waals surface area contributed by atoms with E-state index in [9.17, 15) is 4.79 Å². The van der Waals surface area contributed by atoms with E-state index in [1.807, 2.05) is 28.5 Å². The summed E-state index contributed by atoms with van der Waals surface area (Å²) in [4.78, 5) is 26.8. The molecule has 0 radical (unpaired) electrons. The molecule has 0 saturated carbocycles. The average Bonchev–Trinajstić information content (AvgIpc) is 2.98. The topological polar surface area (TPSA) is 61.4 Å². The van der Waals surface area contributed by atoms with E-state index >= 15 is 0 Å². The molecule has 0 spiro atoms. The van der Waals surface area contributed by atoms with Crippen molar-refractivity contribution >= 4 is 23.3 Å². The first-order chi connectivity index (χ1) is 11.8. The number of carbonyl (C=O) groups is 1. The van der Waals surface area contributed by atoms with Gasteiger partial charge in [-0.3, -0.25) is 0 Å². The van der Waals surface area contributed by atoms with Gasteiger partial charge in [-0.25, -0.2) is 14.8 Å². The van der Waals surface area contributed by atoms with Crippen LogP contribution < -0.4 is 10.2 Å². The molecule has 24 heavy (non-hydrogen) atoms. The van der Waals surface area contributed by atoms with E-state index in [0.717, 1.165) is 32.0 Å². The monoisotopic (exact) mass is 343 g/mol. The molecule has 126 valence electrons. The maximum Gasteiger partial charge on any atom is 0.318 e. The van der Waals surface area contributed by atoms with Gasteiger partial charge in [-0.1, -0.05) is 6.07 Å². The third kappa shape index (κ3) is 3.21. The third-order valence-corrected chi connectivity index (χ3v) is 5.68. The summed E-state index contributed by atoms with van der Waals surface area (Å²) in [6.45, 7) is 3.17. The van der Waals surface area contributed by atoms with Gasteiger partial charge in [0.05, 0.1) is 12.6 Å². The zero-order valence-electron chi connectivity index (χ0n) is 13.5. The van der Waals surface area contributed by atoms with Gasteiger partial charge in [0.2, 0.25) is 5.95 Å². The summed E-state index contributed by atoms with van der Waals surface area (Å²) in [6, 6.07) is 6.18. The molecule has 3 aliphatic rings. The highest BCUT2D eigenvalue weighted by Gasteiger charge is 2.37. The number of nitrogens with one attached hydrogen (secondary N) is 1. The van der Waals surface area contributed by atoms with E-state index in [1.165, 1.54) is 11.3 Å². The minimum Gasteiger partial charge on any atom is -0.338 e. The zero-order valence-corrected chi connectivity index (χ0v) is 14.3. The van der Waals surface area contributed by atoms with Gasteiger partial charge in [0, 0.05) is 36.9 Å². The molecule has 6 nitrogen and oxygen atoms in total. The Labute approximate surface area is 145 Å². The van der Waals surface area contributed by atoms with E-state index < -0.39 is 0 Å². The maximum absolute atomic E-state index is 12.6. The van der Waals surface area contributed by atoms with Crippen LogP contribution >= 0.6 is 11.3 Å².